The Balaban J connectivity index is 2.51. The summed E-state index contributed by atoms with van der Waals surface area (Å²) in [4.78, 5) is 0. The van der Waals surface area contributed by atoms with E-state index in [2.05, 4.69) is 11.4 Å². The van der Waals surface area contributed by atoms with Gasteiger partial charge in [0.2, 0.25) is 0 Å². The largest absolute Gasteiger partial charge is 0.497 e. The van der Waals surface area contributed by atoms with E-state index in [4.69, 9.17) is 10.00 Å². The van der Waals surface area contributed by atoms with Crippen LogP contribution in [0, 0.1) is 18.3 Å². The van der Waals surface area contributed by atoms with Crippen molar-refractivity contribution in [3.63, 3.8) is 0 Å². The number of anilines is 1. The van der Waals surface area contributed by atoms with Crippen LogP contribution in [0.1, 0.15) is 18.4 Å². The first-order valence-corrected chi connectivity index (χ1v) is 5.03. The van der Waals surface area contributed by atoms with Gasteiger partial charge in [-0.15, -0.1) is 0 Å². The van der Waals surface area contributed by atoms with Crippen molar-refractivity contribution in [1.29, 1.82) is 5.26 Å². The Kier molecular flexibility index (Phi) is 4.49. The van der Waals surface area contributed by atoms with Crippen LogP contribution in [-0.2, 0) is 0 Å². The van der Waals surface area contributed by atoms with E-state index in [1.165, 1.54) is 0 Å². The van der Waals surface area contributed by atoms with Crippen molar-refractivity contribution in [1.82, 2.24) is 0 Å². The lowest BCUT2D eigenvalue weighted by molar-refractivity contribution is 0.414. The van der Waals surface area contributed by atoms with Crippen LogP contribution in [0.15, 0.2) is 18.2 Å². The van der Waals surface area contributed by atoms with E-state index in [9.17, 15) is 0 Å². The molecule has 0 atom stereocenters. The quantitative estimate of drug-likeness (QED) is 0.750. The zero-order valence-corrected chi connectivity index (χ0v) is 9.21. The molecule has 3 heteroatoms. The van der Waals surface area contributed by atoms with Gasteiger partial charge in [-0.1, -0.05) is 0 Å². The zero-order chi connectivity index (χ0) is 11.1. The second kappa shape index (κ2) is 5.92. The van der Waals surface area contributed by atoms with Gasteiger partial charge in [-0.05, 0) is 37.1 Å². The molecule has 0 bridgehead atoms. The van der Waals surface area contributed by atoms with Gasteiger partial charge in [-0.25, -0.2) is 0 Å². The molecule has 0 unspecified atom stereocenters. The monoisotopic (exact) mass is 204 g/mol. The summed E-state index contributed by atoms with van der Waals surface area (Å²) in [5.41, 5.74) is 2.26. The van der Waals surface area contributed by atoms with Crippen molar-refractivity contribution in [3.05, 3.63) is 23.8 Å². The summed E-state index contributed by atoms with van der Waals surface area (Å²) in [6, 6.07) is 8.05. The number of rotatable bonds is 5. The molecule has 0 aromatic heterocycles. The molecule has 1 N–H and O–H groups in total. The lowest BCUT2D eigenvalue weighted by atomic mass is 10.2. The summed E-state index contributed by atoms with van der Waals surface area (Å²) in [7, 11) is 1.66. The van der Waals surface area contributed by atoms with Crippen molar-refractivity contribution in [3.8, 4) is 11.8 Å². The van der Waals surface area contributed by atoms with Gasteiger partial charge in [0.15, 0.2) is 0 Å². The summed E-state index contributed by atoms with van der Waals surface area (Å²) >= 11 is 0. The minimum Gasteiger partial charge on any atom is -0.497 e. The van der Waals surface area contributed by atoms with Gasteiger partial charge >= 0.3 is 0 Å². The number of hydrogen-bond acceptors (Lipinski definition) is 3. The molecular formula is C12H16N2O. The Morgan fingerprint density at radius 1 is 1.47 bits per heavy atom. The molecule has 0 aliphatic heterocycles. The molecule has 3 nitrogen and oxygen atoms in total. The number of unbranched alkanes of at least 4 members (excludes halogenated alkanes) is 1. The first-order valence-electron chi connectivity index (χ1n) is 5.03. The summed E-state index contributed by atoms with van der Waals surface area (Å²) in [5, 5.41) is 11.7. The molecule has 0 saturated heterocycles. The van der Waals surface area contributed by atoms with E-state index < -0.39 is 0 Å². The summed E-state index contributed by atoms with van der Waals surface area (Å²) in [6.45, 7) is 2.87. The SMILES string of the molecule is COc1ccc(NCCCC#N)c(C)c1. The highest BCUT2D eigenvalue weighted by molar-refractivity contribution is 5.53. The number of nitriles is 1. The maximum absolute atomic E-state index is 8.39. The van der Waals surface area contributed by atoms with Crippen LogP contribution in [0.4, 0.5) is 5.69 Å². The van der Waals surface area contributed by atoms with Gasteiger partial charge in [-0.3, -0.25) is 0 Å². The summed E-state index contributed by atoms with van der Waals surface area (Å²) in [6.07, 6.45) is 1.48. The summed E-state index contributed by atoms with van der Waals surface area (Å²) in [5.74, 6) is 0.870. The lowest BCUT2D eigenvalue weighted by Crippen LogP contribution is -2.02. The predicted octanol–water partition coefficient (Wildman–Crippen LogP) is 2.72. The fourth-order valence-electron chi connectivity index (χ4n) is 1.35. The molecule has 0 amide bonds. The van der Waals surface area contributed by atoms with Crippen LogP contribution < -0.4 is 10.1 Å². The normalized spacial score (nSPS) is 9.40. The maximum atomic E-state index is 8.39. The third-order valence-corrected chi connectivity index (χ3v) is 2.21. The average molecular weight is 204 g/mol. The van der Waals surface area contributed by atoms with Gasteiger partial charge in [-0.2, -0.15) is 5.26 Å². The van der Waals surface area contributed by atoms with Gasteiger partial charge in [0, 0.05) is 18.7 Å². The first kappa shape index (κ1) is 11.4. The molecule has 1 aromatic carbocycles. The van der Waals surface area contributed by atoms with Crippen LogP contribution in [0.25, 0.3) is 0 Å². The maximum Gasteiger partial charge on any atom is 0.119 e. The van der Waals surface area contributed by atoms with E-state index in [0.717, 1.165) is 30.0 Å². The molecule has 0 saturated carbocycles. The smallest absolute Gasteiger partial charge is 0.119 e. The molecule has 0 fully saturated rings. The van der Waals surface area contributed by atoms with E-state index in [0.29, 0.717) is 6.42 Å². The summed E-state index contributed by atoms with van der Waals surface area (Å²) < 4.78 is 5.12. The second-order valence-corrected chi connectivity index (χ2v) is 3.37. The Morgan fingerprint density at radius 2 is 2.27 bits per heavy atom. The Labute approximate surface area is 90.7 Å². The molecule has 0 aliphatic rings. The Morgan fingerprint density at radius 3 is 2.87 bits per heavy atom. The molecular weight excluding hydrogens is 188 g/mol. The number of hydrogen-bond donors (Lipinski definition) is 1. The van der Waals surface area contributed by atoms with Crippen molar-refractivity contribution in [2.24, 2.45) is 0 Å². The number of methoxy groups -OCH3 is 1. The molecule has 0 radical (unpaired) electrons. The first-order chi connectivity index (χ1) is 7.27. The zero-order valence-electron chi connectivity index (χ0n) is 9.21. The number of nitrogens with zero attached hydrogens (tertiary/aromatic N) is 1. The Hall–Kier alpha value is -1.69. The highest BCUT2D eigenvalue weighted by Crippen LogP contribution is 2.20. The van der Waals surface area contributed by atoms with Gasteiger partial charge < -0.3 is 10.1 Å². The van der Waals surface area contributed by atoms with Crippen LogP contribution in [0.2, 0.25) is 0 Å². The minimum atomic E-state index is 0.599. The van der Waals surface area contributed by atoms with Crippen LogP contribution in [0.5, 0.6) is 5.75 Å². The van der Waals surface area contributed by atoms with E-state index in [1.54, 1.807) is 7.11 Å². The molecule has 0 heterocycles. The highest BCUT2D eigenvalue weighted by atomic mass is 16.5. The predicted molar refractivity (Wildman–Crippen MR) is 61.1 cm³/mol. The van der Waals surface area contributed by atoms with Crippen LogP contribution in [0.3, 0.4) is 0 Å². The minimum absolute atomic E-state index is 0.599. The van der Waals surface area contributed by atoms with Crippen molar-refractivity contribution in [2.45, 2.75) is 19.8 Å². The van der Waals surface area contributed by atoms with Crippen molar-refractivity contribution < 1.29 is 4.74 Å². The molecule has 0 spiro atoms. The molecule has 0 aliphatic carbocycles. The highest BCUT2D eigenvalue weighted by Gasteiger charge is 1.98. The van der Waals surface area contributed by atoms with Crippen molar-refractivity contribution in [2.75, 3.05) is 19.0 Å². The van der Waals surface area contributed by atoms with Gasteiger partial charge in [0.25, 0.3) is 0 Å². The van der Waals surface area contributed by atoms with Gasteiger partial charge in [0.1, 0.15) is 5.75 Å². The van der Waals surface area contributed by atoms with Crippen LogP contribution in [-0.4, -0.2) is 13.7 Å². The standard InChI is InChI=1S/C12H16N2O/c1-10-9-11(15-2)5-6-12(10)14-8-4-3-7-13/h5-6,9,14H,3-4,8H2,1-2H3. The molecule has 15 heavy (non-hydrogen) atoms. The number of nitrogens with one attached hydrogen (secondary N) is 1. The fraction of sp³-hybridized carbons (Fsp3) is 0.417. The lowest BCUT2D eigenvalue weighted by Gasteiger charge is -2.09. The third-order valence-electron chi connectivity index (χ3n) is 2.21. The van der Waals surface area contributed by atoms with Crippen LogP contribution >= 0.6 is 0 Å². The van der Waals surface area contributed by atoms with E-state index in [1.807, 2.05) is 25.1 Å². The average Bonchev–Trinajstić information content (AvgIpc) is 2.26. The van der Waals surface area contributed by atoms with E-state index >= 15 is 0 Å². The second-order valence-electron chi connectivity index (χ2n) is 3.37. The van der Waals surface area contributed by atoms with E-state index in [-0.39, 0.29) is 0 Å². The van der Waals surface area contributed by atoms with Crippen molar-refractivity contribution >= 4 is 5.69 Å². The molecule has 1 rings (SSSR count). The molecule has 80 valence electrons. The van der Waals surface area contributed by atoms with Gasteiger partial charge in [0.05, 0.1) is 13.2 Å². The fourth-order valence-corrected chi connectivity index (χ4v) is 1.35. The number of aryl methyl sites for hydroxylation is 1. The number of ether oxygens (including phenoxy) is 1. The topological polar surface area (TPSA) is 45.0 Å². The third kappa shape index (κ3) is 3.51. The number of benzene rings is 1. The Bertz CT molecular complexity index is 355. The molecule has 1 aromatic rings.